The maximum Gasteiger partial charge on any atom is 0.317 e. The van der Waals surface area contributed by atoms with E-state index in [-0.39, 0.29) is 36.8 Å². The van der Waals surface area contributed by atoms with Crippen LogP contribution in [0.4, 0.5) is 18.0 Å². The van der Waals surface area contributed by atoms with Gasteiger partial charge in [-0.2, -0.15) is 0 Å². The SMILES string of the molecule is CNCC(CC1CC(F)(F)C1)NC(=O)N1CCCC(C(O)(CCCCOC)c2cccc(F)c2)C1. The number of nitrogens with zero attached hydrogens (tertiary/aromatic N) is 1. The Morgan fingerprint density at radius 1 is 1.34 bits per heavy atom. The van der Waals surface area contributed by atoms with Crippen molar-refractivity contribution in [3.8, 4) is 0 Å². The van der Waals surface area contributed by atoms with Gasteiger partial charge >= 0.3 is 6.03 Å². The van der Waals surface area contributed by atoms with Crippen LogP contribution in [0.2, 0.25) is 0 Å². The van der Waals surface area contributed by atoms with Crippen LogP contribution in [0.5, 0.6) is 0 Å². The average Bonchev–Trinajstić information content (AvgIpc) is 2.80. The molecule has 9 heteroatoms. The van der Waals surface area contributed by atoms with Crippen molar-refractivity contribution in [1.82, 2.24) is 15.5 Å². The number of methoxy groups -OCH3 is 1. The Labute approximate surface area is 206 Å². The largest absolute Gasteiger partial charge is 0.385 e. The monoisotopic (exact) mass is 499 g/mol. The zero-order chi connectivity index (χ0) is 25.5. The minimum atomic E-state index is -2.58. The molecule has 3 rings (SSSR count). The van der Waals surface area contributed by atoms with E-state index >= 15 is 0 Å². The van der Waals surface area contributed by atoms with E-state index in [0.29, 0.717) is 51.1 Å². The second-order valence-electron chi connectivity index (χ2n) is 10.2. The maximum absolute atomic E-state index is 14.1. The van der Waals surface area contributed by atoms with Crippen LogP contribution < -0.4 is 10.6 Å². The van der Waals surface area contributed by atoms with Gasteiger partial charge in [0.25, 0.3) is 0 Å². The van der Waals surface area contributed by atoms with E-state index in [9.17, 15) is 23.1 Å². The molecule has 2 fully saturated rings. The number of urea groups is 1. The number of aliphatic hydroxyl groups is 1. The van der Waals surface area contributed by atoms with Gasteiger partial charge in [0.1, 0.15) is 5.82 Å². The Kier molecular flexibility index (Phi) is 9.84. The van der Waals surface area contributed by atoms with E-state index in [4.69, 9.17) is 4.74 Å². The third-order valence-corrected chi connectivity index (χ3v) is 7.44. The van der Waals surface area contributed by atoms with E-state index < -0.39 is 17.3 Å². The highest BCUT2D eigenvalue weighted by atomic mass is 19.3. The number of hydrogen-bond donors (Lipinski definition) is 3. The van der Waals surface area contributed by atoms with E-state index in [1.54, 1.807) is 31.2 Å². The minimum absolute atomic E-state index is 0.0945. The molecular weight excluding hydrogens is 459 g/mol. The molecule has 3 atom stereocenters. The molecule has 1 aromatic rings. The zero-order valence-electron chi connectivity index (χ0n) is 20.9. The van der Waals surface area contributed by atoms with E-state index in [1.807, 2.05) is 0 Å². The van der Waals surface area contributed by atoms with Crippen LogP contribution in [0.25, 0.3) is 0 Å². The van der Waals surface area contributed by atoms with Gasteiger partial charge < -0.3 is 25.4 Å². The lowest BCUT2D eigenvalue weighted by atomic mass is 9.74. The molecule has 1 aliphatic carbocycles. The number of rotatable bonds is 12. The van der Waals surface area contributed by atoms with Gasteiger partial charge in [-0.3, -0.25) is 0 Å². The summed E-state index contributed by atoms with van der Waals surface area (Å²) in [4.78, 5) is 14.8. The van der Waals surface area contributed by atoms with Crippen LogP contribution in [-0.2, 0) is 10.3 Å². The van der Waals surface area contributed by atoms with Gasteiger partial charge in [-0.15, -0.1) is 0 Å². The smallest absolute Gasteiger partial charge is 0.317 e. The number of carbonyl (C=O) groups is 1. The fourth-order valence-electron chi connectivity index (χ4n) is 5.59. The minimum Gasteiger partial charge on any atom is -0.385 e. The zero-order valence-corrected chi connectivity index (χ0v) is 20.9. The molecular formula is C26H40F3N3O3. The molecule has 1 heterocycles. The lowest BCUT2D eigenvalue weighted by Gasteiger charge is -2.43. The molecule has 1 aromatic carbocycles. The highest BCUT2D eigenvalue weighted by Crippen LogP contribution is 2.44. The number of benzene rings is 1. The maximum atomic E-state index is 14.1. The Hall–Kier alpha value is -1.84. The molecule has 6 nitrogen and oxygen atoms in total. The second kappa shape index (κ2) is 12.4. The third-order valence-electron chi connectivity index (χ3n) is 7.44. The molecule has 1 aliphatic heterocycles. The third kappa shape index (κ3) is 7.57. The summed E-state index contributed by atoms with van der Waals surface area (Å²) in [6.45, 7) is 1.98. The van der Waals surface area contributed by atoms with Gasteiger partial charge in [0.05, 0.1) is 5.60 Å². The van der Waals surface area contributed by atoms with Crippen LogP contribution in [0.15, 0.2) is 24.3 Å². The quantitative estimate of drug-likeness (QED) is 0.376. The van der Waals surface area contributed by atoms with Crippen molar-refractivity contribution in [3.05, 3.63) is 35.6 Å². The first-order chi connectivity index (χ1) is 16.7. The lowest BCUT2D eigenvalue weighted by Crippen LogP contribution is -2.54. The summed E-state index contributed by atoms with van der Waals surface area (Å²) in [6, 6.07) is 5.59. The van der Waals surface area contributed by atoms with Crippen LogP contribution in [-0.4, -0.2) is 68.4 Å². The fraction of sp³-hybridized carbons (Fsp3) is 0.731. The summed E-state index contributed by atoms with van der Waals surface area (Å²) in [7, 11) is 3.41. The Morgan fingerprint density at radius 3 is 2.77 bits per heavy atom. The van der Waals surface area contributed by atoms with E-state index in [1.165, 1.54) is 12.1 Å². The number of halogens is 3. The van der Waals surface area contributed by atoms with Gasteiger partial charge in [0.2, 0.25) is 5.92 Å². The van der Waals surface area contributed by atoms with E-state index in [0.717, 1.165) is 19.3 Å². The molecule has 1 saturated heterocycles. The molecule has 0 radical (unpaired) electrons. The molecule has 2 aliphatic rings. The van der Waals surface area contributed by atoms with Crippen molar-refractivity contribution >= 4 is 6.03 Å². The van der Waals surface area contributed by atoms with Gasteiger partial charge in [0, 0.05) is 58.2 Å². The van der Waals surface area contributed by atoms with Crippen LogP contribution >= 0.6 is 0 Å². The molecule has 0 bridgehead atoms. The predicted octanol–water partition coefficient (Wildman–Crippen LogP) is 4.28. The highest BCUT2D eigenvalue weighted by molar-refractivity contribution is 5.74. The summed E-state index contributed by atoms with van der Waals surface area (Å²) >= 11 is 0. The van der Waals surface area contributed by atoms with Crippen LogP contribution in [0.3, 0.4) is 0 Å². The van der Waals surface area contributed by atoms with Crippen molar-refractivity contribution in [2.45, 2.75) is 68.9 Å². The summed E-state index contributed by atoms with van der Waals surface area (Å²) in [6.07, 6.45) is 3.62. The van der Waals surface area contributed by atoms with Crippen molar-refractivity contribution in [3.63, 3.8) is 0 Å². The number of hydrogen-bond acceptors (Lipinski definition) is 4. The molecule has 1 saturated carbocycles. The number of nitrogens with one attached hydrogen (secondary N) is 2. The molecule has 3 N–H and O–H groups in total. The Morgan fingerprint density at radius 2 is 2.11 bits per heavy atom. The normalized spacial score (nSPS) is 22.8. The highest BCUT2D eigenvalue weighted by Gasteiger charge is 2.46. The average molecular weight is 500 g/mol. The van der Waals surface area contributed by atoms with Crippen molar-refractivity contribution < 1.29 is 27.8 Å². The van der Waals surface area contributed by atoms with Gasteiger partial charge in [-0.25, -0.2) is 18.0 Å². The van der Waals surface area contributed by atoms with Gasteiger partial charge in [0.15, 0.2) is 0 Å². The summed E-state index contributed by atoms with van der Waals surface area (Å²) in [5, 5.41) is 17.9. The standard InChI is InChI=1S/C26H40F3N3O3/c1-30-17-23(13-19-15-25(28,29)16-19)31-24(33)32-11-6-8-21(18-32)26(34,10-3-4-12-35-2)20-7-5-9-22(27)14-20/h5,7,9,14,19,21,23,30,34H,3-4,6,8,10-13,15-18H2,1-2H3,(H,31,33). The van der Waals surface area contributed by atoms with Crippen molar-refractivity contribution in [1.29, 1.82) is 0 Å². The Balaban J connectivity index is 1.67. The summed E-state index contributed by atoms with van der Waals surface area (Å²) in [5.41, 5.74) is -0.738. The topological polar surface area (TPSA) is 73.8 Å². The number of likely N-dealkylation sites (N-methyl/N-ethyl adjacent to an activating group) is 1. The molecule has 0 spiro atoms. The number of alkyl halides is 2. The second-order valence-corrected chi connectivity index (χ2v) is 10.2. The number of unbranched alkanes of at least 4 members (excludes halogenated alkanes) is 1. The first kappa shape index (κ1) is 27.7. The number of ether oxygens (including phenoxy) is 1. The summed E-state index contributed by atoms with van der Waals surface area (Å²) in [5.74, 6) is -3.33. The molecule has 198 valence electrons. The molecule has 0 aromatic heterocycles. The van der Waals surface area contributed by atoms with E-state index in [2.05, 4.69) is 10.6 Å². The fourth-order valence-corrected chi connectivity index (χ4v) is 5.59. The first-order valence-electron chi connectivity index (χ1n) is 12.7. The van der Waals surface area contributed by atoms with Crippen molar-refractivity contribution in [2.75, 3.05) is 40.4 Å². The van der Waals surface area contributed by atoms with Gasteiger partial charge in [-0.1, -0.05) is 12.1 Å². The number of piperidine rings is 1. The molecule has 2 amide bonds. The lowest BCUT2D eigenvalue weighted by molar-refractivity contribution is -0.113. The number of likely N-dealkylation sites (tertiary alicyclic amines) is 1. The first-order valence-corrected chi connectivity index (χ1v) is 12.7. The van der Waals surface area contributed by atoms with Crippen LogP contribution in [0, 0.1) is 17.7 Å². The summed E-state index contributed by atoms with van der Waals surface area (Å²) < 4.78 is 45.7. The number of amides is 2. The van der Waals surface area contributed by atoms with Crippen LogP contribution in [0.1, 0.15) is 56.9 Å². The predicted molar refractivity (Wildman–Crippen MR) is 129 cm³/mol. The van der Waals surface area contributed by atoms with Gasteiger partial charge in [-0.05, 0) is 69.2 Å². The number of carbonyl (C=O) groups excluding carboxylic acids is 1. The molecule has 35 heavy (non-hydrogen) atoms. The Bertz CT molecular complexity index is 820. The molecule has 3 unspecified atom stereocenters. The van der Waals surface area contributed by atoms with Crippen molar-refractivity contribution in [2.24, 2.45) is 11.8 Å².